The molecule has 16 heavy (non-hydrogen) atoms. The second-order valence-electron chi connectivity index (χ2n) is 4.66. The number of ether oxygens (including phenoxy) is 1. The van der Waals surface area contributed by atoms with Crippen LogP contribution >= 0.6 is 11.6 Å². The third-order valence-corrected chi connectivity index (χ3v) is 2.84. The Morgan fingerprint density at radius 1 is 1.44 bits per heavy atom. The van der Waals surface area contributed by atoms with Crippen LogP contribution in [0.5, 0.6) is 5.75 Å². The lowest BCUT2D eigenvalue weighted by Crippen LogP contribution is -2.30. The number of amides is 1. The molecular formula is C12H14ClNO2. The van der Waals surface area contributed by atoms with E-state index in [-0.39, 0.29) is 5.91 Å². The van der Waals surface area contributed by atoms with Gasteiger partial charge in [-0.2, -0.15) is 0 Å². The average molecular weight is 240 g/mol. The van der Waals surface area contributed by atoms with Crippen molar-refractivity contribution in [2.45, 2.75) is 32.8 Å². The third kappa shape index (κ3) is 2.00. The van der Waals surface area contributed by atoms with Crippen LogP contribution in [0.3, 0.4) is 0 Å². The molecule has 0 saturated heterocycles. The van der Waals surface area contributed by atoms with Gasteiger partial charge in [0.25, 0.3) is 0 Å². The number of fused-ring (bicyclic) bond motifs is 1. The maximum Gasteiger partial charge on any atom is 0.228 e. The second-order valence-corrected chi connectivity index (χ2v) is 5.06. The predicted octanol–water partition coefficient (Wildman–Crippen LogP) is 3.15. The van der Waals surface area contributed by atoms with Gasteiger partial charge in [0, 0.05) is 0 Å². The Labute approximate surface area is 99.7 Å². The third-order valence-electron chi connectivity index (χ3n) is 2.55. The van der Waals surface area contributed by atoms with Crippen molar-refractivity contribution in [1.82, 2.24) is 0 Å². The molecule has 0 fully saturated rings. The van der Waals surface area contributed by atoms with Gasteiger partial charge in [-0.25, -0.2) is 0 Å². The average Bonchev–Trinajstić information content (AvgIpc) is 2.27. The molecule has 86 valence electrons. The van der Waals surface area contributed by atoms with E-state index in [2.05, 4.69) is 5.32 Å². The van der Waals surface area contributed by atoms with Crippen molar-refractivity contribution < 1.29 is 9.53 Å². The highest BCUT2D eigenvalue weighted by molar-refractivity contribution is 6.32. The van der Waals surface area contributed by atoms with Crippen molar-refractivity contribution in [3.8, 4) is 5.75 Å². The normalized spacial score (nSPS) is 18.1. The number of rotatable bonds is 0. The minimum absolute atomic E-state index is 0.0471. The molecule has 3 nitrogen and oxygen atoms in total. The predicted molar refractivity (Wildman–Crippen MR) is 64.1 cm³/mol. The van der Waals surface area contributed by atoms with E-state index in [0.29, 0.717) is 22.9 Å². The Bertz CT molecular complexity index is 455. The number of hydrogen-bond acceptors (Lipinski definition) is 2. The molecule has 1 amide bonds. The van der Waals surface area contributed by atoms with E-state index in [1.54, 1.807) is 6.07 Å². The first-order valence-corrected chi connectivity index (χ1v) is 5.55. The Kier molecular flexibility index (Phi) is 2.58. The topological polar surface area (TPSA) is 38.3 Å². The molecule has 1 heterocycles. The summed E-state index contributed by atoms with van der Waals surface area (Å²) in [6.45, 7) is 5.66. The number of nitrogens with one attached hydrogen (secondary N) is 1. The molecule has 1 aromatic rings. The molecule has 0 aromatic heterocycles. The van der Waals surface area contributed by atoms with E-state index in [1.807, 2.05) is 26.8 Å². The van der Waals surface area contributed by atoms with Gasteiger partial charge in [-0.15, -0.1) is 0 Å². The number of aryl methyl sites for hydroxylation is 1. The van der Waals surface area contributed by atoms with Gasteiger partial charge in [0.1, 0.15) is 5.60 Å². The van der Waals surface area contributed by atoms with Gasteiger partial charge >= 0.3 is 0 Å². The van der Waals surface area contributed by atoms with Gasteiger partial charge in [0.2, 0.25) is 5.91 Å². The smallest absolute Gasteiger partial charge is 0.228 e. The summed E-state index contributed by atoms with van der Waals surface area (Å²) in [6, 6.07) is 3.65. The minimum Gasteiger partial charge on any atom is -0.484 e. The first kappa shape index (κ1) is 11.3. The summed E-state index contributed by atoms with van der Waals surface area (Å²) in [5.41, 5.74) is 1.10. The first-order valence-electron chi connectivity index (χ1n) is 5.17. The molecule has 1 aliphatic rings. The molecule has 4 heteroatoms. The number of carbonyl (C=O) groups excluding carboxylic acids is 1. The molecule has 0 spiro atoms. The van der Waals surface area contributed by atoms with Crippen LogP contribution in [0.4, 0.5) is 5.69 Å². The van der Waals surface area contributed by atoms with Crippen molar-refractivity contribution >= 4 is 23.2 Å². The van der Waals surface area contributed by atoms with Gasteiger partial charge in [-0.3, -0.25) is 4.79 Å². The Morgan fingerprint density at radius 2 is 2.12 bits per heavy atom. The molecule has 1 N–H and O–H groups in total. The maximum atomic E-state index is 11.7. The maximum absolute atomic E-state index is 11.7. The molecule has 2 rings (SSSR count). The van der Waals surface area contributed by atoms with Crippen molar-refractivity contribution in [3.63, 3.8) is 0 Å². The number of benzene rings is 1. The van der Waals surface area contributed by atoms with Crippen LogP contribution in [0, 0.1) is 6.92 Å². The zero-order valence-corrected chi connectivity index (χ0v) is 10.3. The Hall–Kier alpha value is -1.22. The molecule has 1 aromatic carbocycles. The van der Waals surface area contributed by atoms with E-state index in [1.165, 1.54) is 0 Å². The summed E-state index contributed by atoms with van der Waals surface area (Å²) < 4.78 is 5.81. The fourth-order valence-corrected chi connectivity index (χ4v) is 1.99. The highest BCUT2D eigenvalue weighted by Gasteiger charge is 2.30. The summed E-state index contributed by atoms with van der Waals surface area (Å²) in [6.07, 6.45) is 0.317. The Morgan fingerprint density at radius 3 is 2.81 bits per heavy atom. The first-order chi connectivity index (χ1) is 7.39. The van der Waals surface area contributed by atoms with Crippen LogP contribution in [-0.4, -0.2) is 11.5 Å². The lowest BCUT2D eigenvalue weighted by atomic mass is 10.1. The zero-order chi connectivity index (χ0) is 11.9. The van der Waals surface area contributed by atoms with Crippen LogP contribution in [0.2, 0.25) is 5.02 Å². The largest absolute Gasteiger partial charge is 0.484 e. The molecule has 0 aliphatic carbocycles. The quantitative estimate of drug-likeness (QED) is 0.755. The summed E-state index contributed by atoms with van der Waals surface area (Å²) in [5.74, 6) is 0.520. The highest BCUT2D eigenvalue weighted by Crippen LogP contribution is 2.40. The summed E-state index contributed by atoms with van der Waals surface area (Å²) in [4.78, 5) is 11.7. The van der Waals surface area contributed by atoms with E-state index in [4.69, 9.17) is 16.3 Å². The number of hydrogen-bond donors (Lipinski definition) is 1. The summed E-state index contributed by atoms with van der Waals surface area (Å²) in [5, 5.41) is 3.36. The van der Waals surface area contributed by atoms with E-state index in [0.717, 1.165) is 5.56 Å². The molecule has 0 radical (unpaired) electrons. The summed E-state index contributed by atoms with van der Waals surface area (Å²) >= 11 is 6.09. The molecular weight excluding hydrogens is 226 g/mol. The molecule has 0 saturated carbocycles. The SMILES string of the molecule is Cc1ccc(Cl)c2c1NC(=O)CC(C)(C)O2. The van der Waals surface area contributed by atoms with Crippen molar-refractivity contribution in [2.24, 2.45) is 0 Å². The van der Waals surface area contributed by atoms with E-state index < -0.39 is 5.60 Å². The second kappa shape index (κ2) is 3.67. The molecule has 0 bridgehead atoms. The van der Waals surface area contributed by atoms with E-state index in [9.17, 15) is 4.79 Å². The minimum atomic E-state index is -0.535. The van der Waals surface area contributed by atoms with Gasteiger partial charge in [0.05, 0.1) is 17.1 Å². The van der Waals surface area contributed by atoms with E-state index >= 15 is 0 Å². The fourth-order valence-electron chi connectivity index (χ4n) is 1.79. The lowest BCUT2D eigenvalue weighted by molar-refractivity contribution is -0.118. The number of anilines is 1. The fraction of sp³-hybridized carbons (Fsp3) is 0.417. The molecule has 1 aliphatic heterocycles. The van der Waals surface area contributed by atoms with Crippen molar-refractivity contribution in [3.05, 3.63) is 22.7 Å². The monoisotopic (exact) mass is 239 g/mol. The van der Waals surface area contributed by atoms with Gasteiger partial charge < -0.3 is 10.1 Å². The van der Waals surface area contributed by atoms with Gasteiger partial charge in [-0.05, 0) is 32.4 Å². The lowest BCUT2D eigenvalue weighted by Gasteiger charge is -2.23. The van der Waals surface area contributed by atoms with Crippen LogP contribution in [0.15, 0.2) is 12.1 Å². The molecule has 0 atom stereocenters. The Balaban J connectivity index is 2.58. The van der Waals surface area contributed by atoms with Gasteiger partial charge in [0.15, 0.2) is 5.75 Å². The van der Waals surface area contributed by atoms with Crippen LogP contribution in [0.25, 0.3) is 0 Å². The van der Waals surface area contributed by atoms with Crippen molar-refractivity contribution in [2.75, 3.05) is 5.32 Å². The standard InChI is InChI=1S/C12H14ClNO2/c1-7-4-5-8(13)11-10(7)14-9(15)6-12(2,3)16-11/h4-5H,6H2,1-3H3,(H,14,15). The van der Waals surface area contributed by atoms with Crippen molar-refractivity contribution in [1.29, 1.82) is 0 Å². The number of carbonyl (C=O) groups is 1. The highest BCUT2D eigenvalue weighted by atomic mass is 35.5. The van der Waals surface area contributed by atoms with Gasteiger partial charge in [-0.1, -0.05) is 17.7 Å². The molecule has 0 unspecified atom stereocenters. The zero-order valence-electron chi connectivity index (χ0n) is 9.56. The summed E-state index contributed by atoms with van der Waals surface area (Å²) in [7, 11) is 0. The van der Waals surface area contributed by atoms with Crippen LogP contribution < -0.4 is 10.1 Å². The van der Waals surface area contributed by atoms with Crippen LogP contribution in [0.1, 0.15) is 25.8 Å². The number of halogens is 1. The van der Waals surface area contributed by atoms with Crippen LogP contribution in [-0.2, 0) is 4.79 Å².